The highest BCUT2D eigenvalue weighted by Crippen LogP contribution is 2.35. The molecule has 11 nitrogen and oxygen atoms in total. The van der Waals surface area contributed by atoms with Crippen LogP contribution in [0.5, 0.6) is 17.2 Å². The number of hydrazone groups is 1. The quantitative estimate of drug-likeness (QED) is 0.0517. The average Bonchev–Trinajstić information content (AvgIpc) is 3.05. The van der Waals surface area contributed by atoms with Gasteiger partial charge in [0.15, 0.2) is 17.7 Å². The predicted molar refractivity (Wildman–Crippen MR) is 180 cm³/mol. The first kappa shape index (κ1) is 35.1. The monoisotopic (exact) mass is 682 g/mol. The number of halogens is 2. The maximum absolute atomic E-state index is 12.5. The van der Waals surface area contributed by atoms with Crippen molar-refractivity contribution in [3.63, 3.8) is 0 Å². The van der Waals surface area contributed by atoms with Gasteiger partial charge in [0.05, 0.1) is 41.6 Å². The minimum absolute atomic E-state index is 0.156. The zero-order chi connectivity index (χ0) is 33.9. The summed E-state index contributed by atoms with van der Waals surface area (Å²) in [5, 5.41) is 20.9. The van der Waals surface area contributed by atoms with Crippen molar-refractivity contribution in [2.45, 2.75) is 39.1 Å². The number of aliphatic hydroxyl groups is 1. The number of rotatable bonds is 15. The highest BCUT2D eigenvalue weighted by Gasteiger charge is 2.32. The van der Waals surface area contributed by atoms with E-state index in [1.54, 1.807) is 49.5 Å². The number of esters is 1. The van der Waals surface area contributed by atoms with E-state index in [9.17, 15) is 14.7 Å². The number of allylic oxidation sites excluding steroid dienone is 2. The number of nitrogens with zero attached hydrogens (tertiary/aromatic N) is 1. The number of urea groups is 1. The van der Waals surface area contributed by atoms with Crippen LogP contribution in [0, 0.1) is 0 Å². The predicted octanol–water partition coefficient (Wildman–Crippen LogP) is 5.82. The van der Waals surface area contributed by atoms with Gasteiger partial charge in [0.1, 0.15) is 19.0 Å². The summed E-state index contributed by atoms with van der Waals surface area (Å²) in [6, 6.07) is 14.7. The lowest BCUT2D eigenvalue weighted by Crippen LogP contribution is -2.45. The smallest absolute Gasteiger partial charge is 0.337 e. The van der Waals surface area contributed by atoms with Gasteiger partial charge in [-0.25, -0.2) is 9.59 Å². The van der Waals surface area contributed by atoms with Crippen LogP contribution in [-0.4, -0.2) is 49.9 Å². The first-order valence-corrected chi connectivity index (χ1v) is 15.4. The Labute approximate surface area is 283 Å². The van der Waals surface area contributed by atoms with Crippen LogP contribution >= 0.6 is 23.2 Å². The number of benzene rings is 3. The third-order valence-electron chi connectivity index (χ3n) is 6.94. The fourth-order valence-corrected chi connectivity index (χ4v) is 5.07. The first-order valence-electron chi connectivity index (χ1n) is 14.7. The summed E-state index contributed by atoms with van der Waals surface area (Å²) in [4.78, 5) is 24.6. The van der Waals surface area contributed by atoms with E-state index >= 15 is 0 Å². The molecule has 4 rings (SSSR count). The van der Waals surface area contributed by atoms with E-state index in [0.717, 1.165) is 16.7 Å². The molecule has 0 bridgehead atoms. The number of hydrogen-bond acceptors (Lipinski definition) is 9. The van der Waals surface area contributed by atoms with E-state index in [1.165, 1.54) is 7.11 Å². The fraction of sp³-hybridized carbons (Fsp3) is 0.265. The first-order chi connectivity index (χ1) is 22.6. The maximum atomic E-state index is 12.5. The largest absolute Gasteiger partial charge is 0.490 e. The zero-order valence-corrected chi connectivity index (χ0v) is 27.7. The minimum atomic E-state index is -1.15. The minimum Gasteiger partial charge on any atom is -0.490 e. The number of aliphatic hydroxyl groups excluding tert-OH is 1. The zero-order valence-electron chi connectivity index (χ0n) is 26.1. The third kappa shape index (κ3) is 9.41. The number of ether oxygens (including phenoxy) is 4. The lowest BCUT2D eigenvalue weighted by atomic mass is 9.95. The summed E-state index contributed by atoms with van der Waals surface area (Å²) in [5.41, 5.74) is 6.46. The molecule has 248 valence electrons. The Morgan fingerprint density at radius 1 is 1.06 bits per heavy atom. The van der Waals surface area contributed by atoms with Crippen LogP contribution in [0.25, 0.3) is 0 Å². The molecule has 0 saturated heterocycles. The van der Waals surface area contributed by atoms with Crippen molar-refractivity contribution in [2.75, 3.05) is 20.3 Å². The molecule has 0 fully saturated rings. The van der Waals surface area contributed by atoms with Gasteiger partial charge in [-0.15, -0.1) is 6.58 Å². The van der Waals surface area contributed by atoms with Gasteiger partial charge in [-0.3, -0.25) is 5.43 Å². The molecular formula is C34H36Cl2N4O7. The summed E-state index contributed by atoms with van der Waals surface area (Å²) in [6.45, 7) is 7.76. The second-order valence-electron chi connectivity index (χ2n) is 10.3. The molecule has 3 aromatic rings. The Morgan fingerprint density at radius 2 is 1.85 bits per heavy atom. The van der Waals surface area contributed by atoms with Crippen molar-refractivity contribution < 1.29 is 33.6 Å². The van der Waals surface area contributed by atoms with Crippen molar-refractivity contribution in [1.29, 1.82) is 0 Å². The van der Waals surface area contributed by atoms with Gasteiger partial charge in [0.25, 0.3) is 0 Å². The Balaban J connectivity index is 1.38. The van der Waals surface area contributed by atoms with Crippen LogP contribution in [0.15, 0.2) is 83.6 Å². The molecule has 1 aliphatic rings. The second kappa shape index (κ2) is 16.7. The van der Waals surface area contributed by atoms with E-state index in [4.69, 9.17) is 42.1 Å². The van der Waals surface area contributed by atoms with Gasteiger partial charge in [0.2, 0.25) is 0 Å². The average molecular weight is 684 g/mol. The Hall–Kier alpha value is -4.71. The van der Waals surface area contributed by atoms with Crippen LogP contribution in [0.2, 0.25) is 10.0 Å². The highest BCUT2D eigenvalue weighted by atomic mass is 35.5. The third-order valence-corrected chi connectivity index (χ3v) is 7.68. The van der Waals surface area contributed by atoms with Crippen molar-refractivity contribution >= 4 is 41.4 Å². The van der Waals surface area contributed by atoms with Gasteiger partial charge in [-0.1, -0.05) is 41.4 Å². The molecule has 1 heterocycles. The van der Waals surface area contributed by atoms with Crippen molar-refractivity contribution in [3.05, 3.63) is 111 Å². The molecule has 47 heavy (non-hydrogen) atoms. The molecule has 13 heteroatoms. The standard InChI is InChI=1S/C34H36Cl2N4O7/c1-5-7-23-14-21(9-12-27(23)46-18-22-8-11-25(35)26(36)15-22)17-37-40-30(41)19-47-28-13-10-24(16-29(28)45-6-2)32-31(33(42)44-4)20(3)38-34(43)39-32/h5,8-17,30,32,40-41H,1,6-7,18-19H2,2-4H3,(H2,38,39,43)/b37-17-/t30-,32-/m0/s1. The topological polar surface area (TPSA) is 140 Å². The van der Waals surface area contributed by atoms with Crippen LogP contribution < -0.4 is 30.3 Å². The van der Waals surface area contributed by atoms with E-state index in [1.807, 2.05) is 31.2 Å². The van der Waals surface area contributed by atoms with E-state index in [2.05, 4.69) is 27.7 Å². The molecule has 2 amide bonds. The Morgan fingerprint density at radius 3 is 2.57 bits per heavy atom. The summed E-state index contributed by atoms with van der Waals surface area (Å²) in [7, 11) is 1.27. The molecule has 2 atom stereocenters. The lowest BCUT2D eigenvalue weighted by Gasteiger charge is -2.28. The van der Waals surface area contributed by atoms with E-state index in [0.29, 0.717) is 58.2 Å². The molecular weight excluding hydrogens is 647 g/mol. The number of hydrogen-bond donors (Lipinski definition) is 4. The van der Waals surface area contributed by atoms with Crippen molar-refractivity contribution in [3.8, 4) is 17.2 Å². The molecule has 0 saturated carbocycles. The van der Waals surface area contributed by atoms with Crippen LogP contribution in [0.4, 0.5) is 4.79 Å². The molecule has 0 spiro atoms. The summed E-state index contributed by atoms with van der Waals surface area (Å²) < 4.78 is 22.5. The Bertz CT molecular complexity index is 1680. The maximum Gasteiger partial charge on any atom is 0.337 e. The number of carbonyl (C=O) groups excluding carboxylic acids is 2. The fourth-order valence-electron chi connectivity index (χ4n) is 4.75. The Kier molecular flexibility index (Phi) is 12.5. The normalized spacial score (nSPS) is 15.0. The summed E-state index contributed by atoms with van der Waals surface area (Å²) >= 11 is 12.1. The van der Waals surface area contributed by atoms with Gasteiger partial charge >= 0.3 is 12.0 Å². The van der Waals surface area contributed by atoms with Crippen molar-refractivity contribution in [1.82, 2.24) is 16.1 Å². The number of amides is 2. The lowest BCUT2D eigenvalue weighted by molar-refractivity contribution is -0.136. The molecule has 1 aliphatic heterocycles. The summed E-state index contributed by atoms with van der Waals surface area (Å²) in [6.07, 6.45) is 2.78. The van der Waals surface area contributed by atoms with Gasteiger partial charge in [0, 0.05) is 5.70 Å². The number of carbonyl (C=O) groups is 2. The molecule has 0 radical (unpaired) electrons. The highest BCUT2D eigenvalue weighted by molar-refractivity contribution is 6.42. The second-order valence-corrected chi connectivity index (χ2v) is 11.1. The van der Waals surface area contributed by atoms with Gasteiger partial charge in [-0.2, -0.15) is 5.10 Å². The molecule has 0 aromatic heterocycles. The number of methoxy groups -OCH3 is 1. The summed E-state index contributed by atoms with van der Waals surface area (Å²) in [5.74, 6) is 0.841. The molecule has 0 unspecified atom stereocenters. The van der Waals surface area contributed by atoms with E-state index < -0.39 is 24.3 Å². The number of nitrogens with one attached hydrogen (secondary N) is 3. The van der Waals surface area contributed by atoms with E-state index in [-0.39, 0.29) is 12.2 Å². The molecule has 3 aromatic carbocycles. The van der Waals surface area contributed by atoms with Crippen LogP contribution in [0.3, 0.4) is 0 Å². The molecule has 0 aliphatic carbocycles. The van der Waals surface area contributed by atoms with Gasteiger partial charge in [-0.05, 0) is 85.0 Å². The molecule has 4 N–H and O–H groups in total. The van der Waals surface area contributed by atoms with Crippen LogP contribution in [-0.2, 0) is 22.6 Å². The SMILES string of the molecule is C=CCc1cc(/C=N\N[C@@H](O)COc2ccc([C@@H]3NC(=O)NC(C)=C3C(=O)OC)cc2OCC)ccc1OCc1ccc(Cl)c(Cl)c1. The van der Waals surface area contributed by atoms with Gasteiger partial charge < -0.3 is 34.7 Å². The van der Waals surface area contributed by atoms with Crippen LogP contribution in [0.1, 0.15) is 42.1 Å². The van der Waals surface area contributed by atoms with Crippen molar-refractivity contribution in [2.24, 2.45) is 5.10 Å².